The summed E-state index contributed by atoms with van der Waals surface area (Å²) in [5.41, 5.74) is 0. The van der Waals surface area contributed by atoms with Crippen molar-refractivity contribution in [2.45, 2.75) is 38.6 Å². The van der Waals surface area contributed by atoms with Gasteiger partial charge in [0.2, 0.25) is 5.91 Å². The van der Waals surface area contributed by atoms with Gasteiger partial charge >= 0.3 is 6.03 Å². The van der Waals surface area contributed by atoms with Crippen molar-refractivity contribution in [3.63, 3.8) is 0 Å². The highest BCUT2D eigenvalue weighted by molar-refractivity contribution is 5.77. The lowest BCUT2D eigenvalue weighted by molar-refractivity contribution is -0.122. The molecule has 0 spiro atoms. The Morgan fingerprint density at radius 1 is 1.35 bits per heavy atom. The van der Waals surface area contributed by atoms with E-state index in [-0.39, 0.29) is 18.0 Å². The van der Waals surface area contributed by atoms with Crippen LogP contribution >= 0.6 is 0 Å². The van der Waals surface area contributed by atoms with Gasteiger partial charge in [-0.25, -0.2) is 4.79 Å². The zero-order valence-electron chi connectivity index (χ0n) is 12.3. The zero-order chi connectivity index (χ0) is 14.4. The molecule has 0 aromatic carbocycles. The Morgan fingerprint density at radius 2 is 2.20 bits per heavy atom. The number of rotatable bonds is 5. The number of nitrogens with zero attached hydrogens (tertiary/aromatic N) is 1. The maximum Gasteiger partial charge on any atom is 0.317 e. The third-order valence-electron chi connectivity index (χ3n) is 4.11. The van der Waals surface area contributed by atoms with E-state index < -0.39 is 0 Å². The fourth-order valence-corrected chi connectivity index (χ4v) is 2.92. The van der Waals surface area contributed by atoms with Gasteiger partial charge < -0.3 is 20.9 Å². The fourth-order valence-electron chi connectivity index (χ4n) is 2.92. The number of urea groups is 1. The smallest absolute Gasteiger partial charge is 0.317 e. The Balaban J connectivity index is 1.63. The molecule has 2 aliphatic rings. The highest BCUT2D eigenvalue weighted by Crippen LogP contribution is 2.15. The Kier molecular flexibility index (Phi) is 5.64. The minimum Gasteiger partial charge on any atom is -0.352 e. The van der Waals surface area contributed by atoms with Crippen LogP contribution in [0.25, 0.3) is 0 Å². The summed E-state index contributed by atoms with van der Waals surface area (Å²) in [4.78, 5) is 25.4. The summed E-state index contributed by atoms with van der Waals surface area (Å²) in [6.45, 7) is 6.02. The molecule has 6 nitrogen and oxygen atoms in total. The van der Waals surface area contributed by atoms with Gasteiger partial charge in [0, 0.05) is 32.1 Å². The van der Waals surface area contributed by atoms with Crippen LogP contribution in [0, 0.1) is 5.92 Å². The minimum absolute atomic E-state index is 0.0266. The van der Waals surface area contributed by atoms with Crippen LogP contribution in [0.15, 0.2) is 0 Å². The second-order valence-electron chi connectivity index (χ2n) is 5.73. The molecule has 2 saturated heterocycles. The van der Waals surface area contributed by atoms with E-state index in [1.54, 1.807) is 4.90 Å². The molecule has 0 radical (unpaired) electrons. The molecular formula is C14H26N4O2. The van der Waals surface area contributed by atoms with E-state index in [1.165, 1.54) is 6.42 Å². The highest BCUT2D eigenvalue weighted by atomic mass is 16.2. The quantitative estimate of drug-likeness (QED) is 0.679. The molecule has 0 saturated carbocycles. The summed E-state index contributed by atoms with van der Waals surface area (Å²) in [7, 11) is 0. The first-order valence-corrected chi connectivity index (χ1v) is 7.72. The second kappa shape index (κ2) is 7.47. The van der Waals surface area contributed by atoms with E-state index in [0.717, 1.165) is 32.5 Å². The molecule has 2 atom stereocenters. The largest absolute Gasteiger partial charge is 0.352 e. The first kappa shape index (κ1) is 15.1. The molecule has 114 valence electrons. The number of hydrogen-bond acceptors (Lipinski definition) is 3. The molecule has 0 aromatic heterocycles. The zero-order valence-corrected chi connectivity index (χ0v) is 12.3. The first-order valence-electron chi connectivity index (χ1n) is 7.72. The van der Waals surface area contributed by atoms with Crippen molar-refractivity contribution in [3.05, 3.63) is 0 Å². The molecule has 2 aliphatic heterocycles. The number of nitrogens with one attached hydrogen (secondary N) is 3. The predicted molar refractivity (Wildman–Crippen MR) is 77.4 cm³/mol. The van der Waals surface area contributed by atoms with Crippen molar-refractivity contribution in [2.75, 3.05) is 32.7 Å². The summed E-state index contributed by atoms with van der Waals surface area (Å²) < 4.78 is 0. The third kappa shape index (κ3) is 4.37. The van der Waals surface area contributed by atoms with Crippen molar-refractivity contribution < 1.29 is 9.59 Å². The highest BCUT2D eigenvalue weighted by Gasteiger charge is 2.27. The molecule has 0 aliphatic carbocycles. The van der Waals surface area contributed by atoms with E-state index in [0.29, 0.717) is 25.4 Å². The molecule has 2 fully saturated rings. The topological polar surface area (TPSA) is 73.5 Å². The van der Waals surface area contributed by atoms with Gasteiger partial charge in [0.25, 0.3) is 0 Å². The SMILES string of the molecule is CCNC(=O)N1CCC(NC(=O)CCC2CCNC2)C1. The average Bonchev–Trinajstić information content (AvgIpc) is 3.07. The molecule has 2 heterocycles. The number of carbonyl (C=O) groups is 2. The van der Waals surface area contributed by atoms with Gasteiger partial charge in [-0.1, -0.05) is 0 Å². The lowest BCUT2D eigenvalue weighted by Crippen LogP contribution is -2.42. The van der Waals surface area contributed by atoms with Crippen LogP contribution in [0.4, 0.5) is 4.79 Å². The number of hydrogen-bond donors (Lipinski definition) is 3. The van der Waals surface area contributed by atoms with Crippen LogP contribution < -0.4 is 16.0 Å². The standard InChI is InChI=1S/C14H26N4O2/c1-2-16-14(20)18-8-6-12(10-18)17-13(19)4-3-11-5-7-15-9-11/h11-12,15H,2-10H2,1H3,(H,16,20)(H,17,19). The van der Waals surface area contributed by atoms with Gasteiger partial charge in [0.15, 0.2) is 0 Å². The molecule has 3 N–H and O–H groups in total. The molecule has 0 bridgehead atoms. The van der Waals surface area contributed by atoms with Gasteiger partial charge in [-0.2, -0.15) is 0 Å². The van der Waals surface area contributed by atoms with Crippen molar-refractivity contribution in [3.8, 4) is 0 Å². The van der Waals surface area contributed by atoms with Crippen molar-refractivity contribution in [1.82, 2.24) is 20.9 Å². The number of carbonyl (C=O) groups excluding carboxylic acids is 2. The number of amides is 3. The molecule has 6 heteroatoms. The minimum atomic E-state index is -0.0266. The van der Waals surface area contributed by atoms with Crippen molar-refractivity contribution in [2.24, 2.45) is 5.92 Å². The van der Waals surface area contributed by atoms with Crippen LogP contribution in [0.3, 0.4) is 0 Å². The van der Waals surface area contributed by atoms with Crippen LogP contribution in [0.1, 0.15) is 32.6 Å². The van der Waals surface area contributed by atoms with Crippen LogP contribution in [-0.4, -0.2) is 55.6 Å². The van der Waals surface area contributed by atoms with E-state index in [4.69, 9.17) is 0 Å². The molecule has 2 rings (SSSR count). The van der Waals surface area contributed by atoms with E-state index in [9.17, 15) is 9.59 Å². The number of likely N-dealkylation sites (tertiary alicyclic amines) is 1. The summed E-state index contributed by atoms with van der Waals surface area (Å²) in [5.74, 6) is 0.774. The van der Waals surface area contributed by atoms with Crippen LogP contribution in [0.5, 0.6) is 0 Å². The summed E-state index contributed by atoms with van der Waals surface area (Å²) >= 11 is 0. The monoisotopic (exact) mass is 282 g/mol. The van der Waals surface area contributed by atoms with Gasteiger partial charge in [0.05, 0.1) is 0 Å². The van der Waals surface area contributed by atoms with E-state index >= 15 is 0 Å². The average molecular weight is 282 g/mol. The predicted octanol–water partition coefficient (Wildman–Crippen LogP) is 0.296. The van der Waals surface area contributed by atoms with Crippen LogP contribution in [0.2, 0.25) is 0 Å². The van der Waals surface area contributed by atoms with E-state index in [1.807, 2.05) is 6.92 Å². The lowest BCUT2D eigenvalue weighted by atomic mass is 10.0. The van der Waals surface area contributed by atoms with Gasteiger partial charge in [-0.05, 0) is 45.2 Å². The molecule has 20 heavy (non-hydrogen) atoms. The normalized spacial score (nSPS) is 25.8. The lowest BCUT2D eigenvalue weighted by Gasteiger charge is -2.17. The third-order valence-corrected chi connectivity index (χ3v) is 4.11. The fraction of sp³-hybridized carbons (Fsp3) is 0.857. The maximum absolute atomic E-state index is 11.9. The summed E-state index contributed by atoms with van der Waals surface area (Å²) in [5, 5.41) is 9.16. The molecule has 3 amide bonds. The molecule has 0 aromatic rings. The second-order valence-corrected chi connectivity index (χ2v) is 5.73. The Morgan fingerprint density at radius 3 is 2.90 bits per heavy atom. The van der Waals surface area contributed by atoms with E-state index in [2.05, 4.69) is 16.0 Å². The van der Waals surface area contributed by atoms with Crippen molar-refractivity contribution in [1.29, 1.82) is 0 Å². The Hall–Kier alpha value is -1.30. The Labute approximate surface area is 120 Å². The maximum atomic E-state index is 11.9. The first-order chi connectivity index (χ1) is 9.69. The summed E-state index contributed by atoms with van der Waals surface area (Å²) in [6.07, 6.45) is 3.60. The van der Waals surface area contributed by atoms with Crippen LogP contribution in [-0.2, 0) is 4.79 Å². The van der Waals surface area contributed by atoms with Crippen molar-refractivity contribution >= 4 is 11.9 Å². The molecule has 2 unspecified atom stereocenters. The van der Waals surface area contributed by atoms with Gasteiger partial charge in [-0.15, -0.1) is 0 Å². The van der Waals surface area contributed by atoms with Gasteiger partial charge in [0.1, 0.15) is 0 Å². The Bertz CT molecular complexity index is 342. The van der Waals surface area contributed by atoms with Gasteiger partial charge in [-0.3, -0.25) is 4.79 Å². The molecular weight excluding hydrogens is 256 g/mol. The summed E-state index contributed by atoms with van der Waals surface area (Å²) in [6, 6.07) is 0.0908.